The molecular weight excluding hydrogens is 246 g/mol. The Morgan fingerprint density at radius 3 is 2.65 bits per heavy atom. The normalized spacial score (nSPS) is 17.4. The van der Waals surface area contributed by atoms with Gasteiger partial charge in [-0.3, -0.25) is 0 Å². The first-order valence-electron chi connectivity index (χ1n) is 7.15. The monoisotopic (exact) mass is 267 g/mol. The van der Waals surface area contributed by atoms with Gasteiger partial charge in [-0.15, -0.1) is 0 Å². The van der Waals surface area contributed by atoms with Gasteiger partial charge in [0.2, 0.25) is 0 Å². The standard InChI is InChI=1S/C18H21NO/c1-18(2)12-15-11-14(8-9-17(15)20-18)16(19)10-13-6-4-3-5-7-13/h3-9,11,16H,10,12,19H2,1-2H3. The molecule has 0 aromatic heterocycles. The summed E-state index contributed by atoms with van der Waals surface area (Å²) in [6.07, 6.45) is 1.82. The molecule has 0 saturated carbocycles. The maximum Gasteiger partial charge on any atom is 0.123 e. The number of rotatable bonds is 3. The van der Waals surface area contributed by atoms with E-state index in [-0.39, 0.29) is 11.6 Å². The van der Waals surface area contributed by atoms with Crippen LogP contribution in [0.15, 0.2) is 48.5 Å². The number of hydrogen-bond donors (Lipinski definition) is 1. The van der Waals surface area contributed by atoms with E-state index in [1.54, 1.807) is 0 Å². The first-order chi connectivity index (χ1) is 9.53. The zero-order chi connectivity index (χ0) is 14.2. The summed E-state index contributed by atoms with van der Waals surface area (Å²) < 4.78 is 5.91. The van der Waals surface area contributed by atoms with Crippen LogP contribution in [0.2, 0.25) is 0 Å². The van der Waals surface area contributed by atoms with Crippen LogP contribution in [0.1, 0.15) is 36.6 Å². The third kappa shape index (κ3) is 2.70. The molecule has 0 bridgehead atoms. The Balaban J connectivity index is 1.79. The van der Waals surface area contributed by atoms with E-state index in [9.17, 15) is 0 Å². The summed E-state index contributed by atoms with van der Waals surface area (Å²) in [6, 6.07) is 16.8. The first-order valence-corrected chi connectivity index (χ1v) is 7.15. The minimum absolute atomic E-state index is 0.0337. The van der Waals surface area contributed by atoms with Crippen LogP contribution < -0.4 is 10.5 Å². The highest BCUT2D eigenvalue weighted by Crippen LogP contribution is 2.36. The van der Waals surface area contributed by atoms with Gasteiger partial charge in [-0.1, -0.05) is 42.5 Å². The molecule has 0 fully saturated rings. The lowest BCUT2D eigenvalue weighted by Crippen LogP contribution is -2.24. The van der Waals surface area contributed by atoms with Crippen LogP contribution >= 0.6 is 0 Å². The van der Waals surface area contributed by atoms with E-state index in [0.717, 1.165) is 18.6 Å². The fourth-order valence-corrected chi connectivity index (χ4v) is 2.85. The van der Waals surface area contributed by atoms with Gasteiger partial charge in [-0.05, 0) is 43.0 Å². The van der Waals surface area contributed by atoms with Crippen molar-refractivity contribution in [3.63, 3.8) is 0 Å². The van der Waals surface area contributed by atoms with E-state index < -0.39 is 0 Å². The van der Waals surface area contributed by atoms with E-state index in [0.29, 0.717) is 0 Å². The molecule has 2 N–H and O–H groups in total. The molecule has 2 aromatic carbocycles. The van der Waals surface area contributed by atoms with Gasteiger partial charge < -0.3 is 10.5 Å². The van der Waals surface area contributed by atoms with Crippen LogP contribution in [0, 0.1) is 0 Å². The second-order valence-electron chi connectivity index (χ2n) is 6.20. The fraction of sp³-hybridized carbons (Fsp3) is 0.333. The molecule has 0 spiro atoms. The molecule has 0 radical (unpaired) electrons. The maximum absolute atomic E-state index is 6.35. The number of nitrogens with two attached hydrogens (primary N) is 1. The Labute approximate surface area is 120 Å². The summed E-state index contributed by atoms with van der Waals surface area (Å²) in [5, 5.41) is 0. The number of hydrogen-bond acceptors (Lipinski definition) is 2. The summed E-state index contributed by atoms with van der Waals surface area (Å²) in [5.41, 5.74) is 9.99. The molecule has 2 aromatic rings. The molecular formula is C18H21NO. The molecule has 1 atom stereocenters. The summed E-state index contributed by atoms with van der Waals surface area (Å²) in [4.78, 5) is 0. The van der Waals surface area contributed by atoms with E-state index in [1.165, 1.54) is 16.7 Å². The zero-order valence-corrected chi connectivity index (χ0v) is 12.1. The topological polar surface area (TPSA) is 35.2 Å². The Morgan fingerprint density at radius 2 is 1.90 bits per heavy atom. The van der Waals surface area contributed by atoms with Crippen molar-refractivity contribution in [2.24, 2.45) is 5.73 Å². The van der Waals surface area contributed by atoms with Gasteiger partial charge in [-0.25, -0.2) is 0 Å². The number of benzene rings is 2. The lowest BCUT2D eigenvalue weighted by Gasteiger charge is -2.16. The van der Waals surface area contributed by atoms with Gasteiger partial charge in [0.15, 0.2) is 0 Å². The quantitative estimate of drug-likeness (QED) is 0.921. The summed E-state index contributed by atoms with van der Waals surface area (Å²) in [5.74, 6) is 1.01. The van der Waals surface area contributed by atoms with E-state index in [2.05, 4.69) is 56.3 Å². The molecule has 3 rings (SSSR count). The van der Waals surface area contributed by atoms with Crippen LogP contribution in [-0.2, 0) is 12.8 Å². The van der Waals surface area contributed by atoms with Crippen LogP contribution in [0.5, 0.6) is 5.75 Å². The summed E-state index contributed by atoms with van der Waals surface area (Å²) >= 11 is 0. The predicted molar refractivity (Wildman–Crippen MR) is 81.9 cm³/mol. The average molecular weight is 267 g/mol. The van der Waals surface area contributed by atoms with E-state index in [1.807, 2.05) is 6.07 Å². The molecule has 0 aliphatic carbocycles. The Morgan fingerprint density at radius 1 is 1.15 bits per heavy atom. The highest BCUT2D eigenvalue weighted by molar-refractivity contribution is 5.43. The predicted octanol–water partition coefficient (Wildman–Crippen LogP) is 3.64. The van der Waals surface area contributed by atoms with E-state index >= 15 is 0 Å². The molecule has 2 heteroatoms. The molecule has 0 saturated heterocycles. The minimum Gasteiger partial charge on any atom is -0.487 e. The molecule has 104 valence electrons. The SMILES string of the molecule is CC1(C)Cc2cc(C(N)Cc3ccccc3)ccc2O1. The Bertz CT molecular complexity index is 604. The lowest BCUT2D eigenvalue weighted by atomic mass is 9.95. The van der Waals surface area contributed by atoms with Crippen molar-refractivity contribution in [2.45, 2.75) is 38.3 Å². The van der Waals surface area contributed by atoms with Crippen molar-refractivity contribution in [3.8, 4) is 5.75 Å². The van der Waals surface area contributed by atoms with Crippen molar-refractivity contribution in [2.75, 3.05) is 0 Å². The van der Waals surface area contributed by atoms with Gasteiger partial charge in [0.05, 0.1) is 0 Å². The van der Waals surface area contributed by atoms with Crippen molar-refractivity contribution in [3.05, 3.63) is 65.2 Å². The third-order valence-electron chi connectivity index (χ3n) is 3.81. The van der Waals surface area contributed by atoms with Gasteiger partial charge in [-0.2, -0.15) is 0 Å². The van der Waals surface area contributed by atoms with Gasteiger partial charge in [0, 0.05) is 12.5 Å². The highest BCUT2D eigenvalue weighted by atomic mass is 16.5. The summed E-state index contributed by atoms with van der Waals surface area (Å²) in [6.45, 7) is 4.24. The van der Waals surface area contributed by atoms with Gasteiger partial charge >= 0.3 is 0 Å². The molecule has 1 aliphatic rings. The number of ether oxygens (including phenoxy) is 1. The second kappa shape index (κ2) is 4.95. The summed E-state index contributed by atoms with van der Waals surface area (Å²) in [7, 11) is 0. The van der Waals surface area contributed by atoms with Crippen molar-refractivity contribution in [1.29, 1.82) is 0 Å². The van der Waals surface area contributed by atoms with Gasteiger partial charge in [0.25, 0.3) is 0 Å². The first kappa shape index (κ1) is 13.2. The minimum atomic E-state index is -0.0928. The van der Waals surface area contributed by atoms with Crippen LogP contribution in [0.4, 0.5) is 0 Å². The highest BCUT2D eigenvalue weighted by Gasteiger charge is 2.30. The van der Waals surface area contributed by atoms with Crippen molar-refractivity contribution in [1.82, 2.24) is 0 Å². The molecule has 20 heavy (non-hydrogen) atoms. The van der Waals surface area contributed by atoms with Crippen molar-refractivity contribution >= 4 is 0 Å². The molecule has 1 aliphatic heterocycles. The molecule has 1 unspecified atom stereocenters. The van der Waals surface area contributed by atoms with Crippen molar-refractivity contribution < 1.29 is 4.74 Å². The van der Waals surface area contributed by atoms with Gasteiger partial charge in [0.1, 0.15) is 11.4 Å². The fourth-order valence-electron chi connectivity index (χ4n) is 2.85. The lowest BCUT2D eigenvalue weighted by molar-refractivity contribution is 0.138. The third-order valence-corrected chi connectivity index (χ3v) is 3.81. The van der Waals surface area contributed by atoms with Crippen LogP contribution in [0.3, 0.4) is 0 Å². The number of fused-ring (bicyclic) bond motifs is 1. The van der Waals surface area contributed by atoms with E-state index in [4.69, 9.17) is 10.5 Å². The smallest absolute Gasteiger partial charge is 0.123 e. The average Bonchev–Trinajstić information content (AvgIpc) is 2.72. The molecule has 0 amide bonds. The van der Waals surface area contributed by atoms with Crippen LogP contribution in [-0.4, -0.2) is 5.60 Å². The maximum atomic E-state index is 6.35. The molecule has 2 nitrogen and oxygen atoms in total. The molecule has 1 heterocycles. The van der Waals surface area contributed by atoms with Crippen LogP contribution in [0.25, 0.3) is 0 Å². The zero-order valence-electron chi connectivity index (χ0n) is 12.1. The Hall–Kier alpha value is -1.80. The largest absolute Gasteiger partial charge is 0.487 e. The second-order valence-corrected chi connectivity index (χ2v) is 6.20. The Kier molecular flexibility index (Phi) is 3.27.